The summed E-state index contributed by atoms with van der Waals surface area (Å²) in [6, 6.07) is 3.94. The molecule has 0 bridgehead atoms. The van der Waals surface area contributed by atoms with Gasteiger partial charge in [0.1, 0.15) is 9.98 Å². The van der Waals surface area contributed by atoms with Crippen molar-refractivity contribution in [2.24, 2.45) is 0 Å². The summed E-state index contributed by atoms with van der Waals surface area (Å²) in [7, 11) is 0. The maximum absolute atomic E-state index is 6.08. The molecule has 0 aliphatic rings. The van der Waals surface area contributed by atoms with E-state index in [2.05, 4.69) is 9.97 Å². The van der Waals surface area contributed by atoms with Gasteiger partial charge in [0.2, 0.25) is 0 Å². The highest BCUT2D eigenvalue weighted by molar-refractivity contribution is 7.16. The first-order chi connectivity index (χ1) is 7.34. The van der Waals surface area contributed by atoms with Crippen LogP contribution >= 0.6 is 34.3 Å². The summed E-state index contributed by atoms with van der Waals surface area (Å²) in [5.41, 5.74) is 1.03. The van der Waals surface area contributed by atoms with Gasteiger partial charge in [-0.1, -0.05) is 11.6 Å². The second-order valence-corrected chi connectivity index (χ2v) is 5.02. The van der Waals surface area contributed by atoms with Gasteiger partial charge in [-0.05, 0) is 22.9 Å². The van der Waals surface area contributed by atoms with Crippen LogP contribution < -0.4 is 0 Å². The number of fused-ring (bicyclic) bond motifs is 1. The molecule has 3 rings (SSSR count). The van der Waals surface area contributed by atoms with Crippen LogP contribution in [0.5, 0.6) is 0 Å². The minimum absolute atomic E-state index is 0.530. The standard InChI is InChI=1S/C10H5ClN2S2/c11-8-7-2-4-15-10(7)13-9(12-8)6-1-3-14-5-6/h1-5H. The van der Waals surface area contributed by atoms with Crippen molar-refractivity contribution < 1.29 is 0 Å². The van der Waals surface area contributed by atoms with E-state index in [1.54, 1.807) is 22.7 Å². The molecule has 0 atom stereocenters. The number of halogens is 1. The van der Waals surface area contributed by atoms with Gasteiger partial charge < -0.3 is 0 Å². The number of nitrogens with zero attached hydrogens (tertiary/aromatic N) is 2. The molecular formula is C10H5ClN2S2. The number of hydrogen-bond acceptors (Lipinski definition) is 4. The highest BCUT2D eigenvalue weighted by atomic mass is 35.5. The van der Waals surface area contributed by atoms with Crippen LogP contribution in [-0.4, -0.2) is 9.97 Å². The van der Waals surface area contributed by atoms with Crippen LogP contribution in [0.2, 0.25) is 5.15 Å². The van der Waals surface area contributed by atoms with Crippen LogP contribution in [0.3, 0.4) is 0 Å². The Morgan fingerprint density at radius 2 is 2.07 bits per heavy atom. The highest BCUT2D eigenvalue weighted by Crippen LogP contribution is 2.28. The summed E-state index contributed by atoms with van der Waals surface area (Å²) < 4.78 is 0. The topological polar surface area (TPSA) is 25.8 Å². The first-order valence-electron chi connectivity index (χ1n) is 4.28. The number of aromatic nitrogens is 2. The SMILES string of the molecule is Clc1nc(-c2ccsc2)nc2sccc12. The Kier molecular flexibility index (Phi) is 2.20. The summed E-state index contributed by atoms with van der Waals surface area (Å²) in [6.07, 6.45) is 0. The third-order valence-electron chi connectivity index (χ3n) is 2.06. The molecule has 0 N–H and O–H groups in total. The molecule has 2 nitrogen and oxygen atoms in total. The second kappa shape index (κ2) is 3.56. The zero-order valence-corrected chi connectivity index (χ0v) is 9.86. The average Bonchev–Trinajstić information content (AvgIpc) is 2.88. The zero-order valence-electron chi connectivity index (χ0n) is 7.48. The molecule has 0 fully saturated rings. The van der Waals surface area contributed by atoms with Gasteiger partial charge in [0.15, 0.2) is 5.82 Å². The molecule has 0 aliphatic heterocycles. The van der Waals surface area contributed by atoms with E-state index < -0.39 is 0 Å². The van der Waals surface area contributed by atoms with Crippen LogP contribution in [0.25, 0.3) is 21.6 Å². The number of hydrogen-bond donors (Lipinski definition) is 0. The third kappa shape index (κ3) is 1.55. The normalized spacial score (nSPS) is 11.0. The van der Waals surface area contributed by atoms with Crippen molar-refractivity contribution in [2.75, 3.05) is 0 Å². The molecule has 74 valence electrons. The summed E-state index contributed by atoms with van der Waals surface area (Å²) >= 11 is 9.29. The minimum Gasteiger partial charge on any atom is -0.217 e. The molecular weight excluding hydrogens is 248 g/mol. The van der Waals surface area contributed by atoms with Gasteiger partial charge in [-0.2, -0.15) is 11.3 Å². The Morgan fingerprint density at radius 1 is 1.13 bits per heavy atom. The van der Waals surface area contributed by atoms with Gasteiger partial charge in [-0.15, -0.1) is 11.3 Å². The van der Waals surface area contributed by atoms with Crippen molar-refractivity contribution in [1.82, 2.24) is 9.97 Å². The van der Waals surface area contributed by atoms with Crippen molar-refractivity contribution in [3.63, 3.8) is 0 Å². The molecule has 0 aromatic carbocycles. The van der Waals surface area contributed by atoms with Crippen molar-refractivity contribution >= 4 is 44.5 Å². The maximum Gasteiger partial charge on any atom is 0.163 e. The van der Waals surface area contributed by atoms with Crippen molar-refractivity contribution in [1.29, 1.82) is 0 Å². The highest BCUT2D eigenvalue weighted by Gasteiger charge is 2.08. The molecule has 0 spiro atoms. The van der Waals surface area contributed by atoms with E-state index in [1.807, 2.05) is 28.3 Å². The second-order valence-electron chi connectivity index (χ2n) is 2.99. The molecule has 0 saturated carbocycles. The quantitative estimate of drug-likeness (QED) is 0.610. The lowest BCUT2D eigenvalue weighted by molar-refractivity contribution is 1.24. The average molecular weight is 253 g/mol. The van der Waals surface area contributed by atoms with Crippen LogP contribution in [0, 0.1) is 0 Å². The van der Waals surface area contributed by atoms with Crippen molar-refractivity contribution in [2.45, 2.75) is 0 Å². The Balaban J connectivity index is 2.29. The molecule has 0 radical (unpaired) electrons. The smallest absolute Gasteiger partial charge is 0.163 e. The molecule has 0 aliphatic carbocycles. The lowest BCUT2D eigenvalue weighted by Gasteiger charge is -1.98. The van der Waals surface area contributed by atoms with Crippen molar-refractivity contribution in [3.8, 4) is 11.4 Å². The van der Waals surface area contributed by atoms with Crippen LogP contribution in [-0.2, 0) is 0 Å². The Hall–Kier alpha value is -0.970. The van der Waals surface area contributed by atoms with Gasteiger partial charge >= 0.3 is 0 Å². The van der Waals surface area contributed by atoms with E-state index in [4.69, 9.17) is 11.6 Å². The van der Waals surface area contributed by atoms with Crippen LogP contribution in [0.15, 0.2) is 28.3 Å². The molecule has 0 amide bonds. The monoisotopic (exact) mass is 252 g/mol. The summed E-state index contributed by atoms with van der Waals surface area (Å²) in [5, 5.41) is 7.46. The molecule has 3 aromatic rings. The van der Waals surface area contributed by atoms with Gasteiger partial charge in [0.25, 0.3) is 0 Å². The number of thiophene rings is 2. The maximum atomic E-state index is 6.08. The lowest BCUT2D eigenvalue weighted by atomic mass is 10.3. The number of rotatable bonds is 1. The predicted molar refractivity (Wildman–Crippen MR) is 65.7 cm³/mol. The molecule has 3 aromatic heterocycles. The summed E-state index contributed by atoms with van der Waals surface area (Å²) in [6.45, 7) is 0. The van der Waals surface area contributed by atoms with Gasteiger partial charge in [0.05, 0.1) is 0 Å². The van der Waals surface area contributed by atoms with E-state index in [1.165, 1.54) is 0 Å². The van der Waals surface area contributed by atoms with Gasteiger partial charge in [0, 0.05) is 16.3 Å². The molecule has 0 unspecified atom stereocenters. The first-order valence-corrected chi connectivity index (χ1v) is 6.48. The van der Waals surface area contributed by atoms with Gasteiger partial charge in [-0.3, -0.25) is 0 Å². The van der Waals surface area contributed by atoms with Crippen LogP contribution in [0.1, 0.15) is 0 Å². The minimum atomic E-state index is 0.530. The fraction of sp³-hybridized carbons (Fsp3) is 0. The molecule has 3 heterocycles. The molecule has 0 saturated heterocycles. The predicted octanol–water partition coefficient (Wildman–Crippen LogP) is 4.07. The van der Waals surface area contributed by atoms with Crippen molar-refractivity contribution in [3.05, 3.63) is 33.4 Å². The first kappa shape index (κ1) is 9.27. The Labute approximate surface area is 99.2 Å². The Bertz CT molecular complexity index is 601. The fourth-order valence-corrected chi connectivity index (χ4v) is 3.03. The lowest BCUT2D eigenvalue weighted by Crippen LogP contribution is -1.87. The summed E-state index contributed by atoms with van der Waals surface area (Å²) in [4.78, 5) is 9.69. The fourth-order valence-electron chi connectivity index (χ4n) is 1.34. The molecule has 5 heteroatoms. The van der Waals surface area contributed by atoms with E-state index in [9.17, 15) is 0 Å². The summed E-state index contributed by atoms with van der Waals surface area (Å²) in [5.74, 6) is 0.705. The van der Waals surface area contributed by atoms with E-state index in [0.717, 1.165) is 15.8 Å². The van der Waals surface area contributed by atoms with Crippen LogP contribution in [0.4, 0.5) is 0 Å². The zero-order chi connectivity index (χ0) is 10.3. The van der Waals surface area contributed by atoms with E-state index in [-0.39, 0.29) is 0 Å². The third-order valence-corrected chi connectivity index (χ3v) is 3.84. The molecule has 15 heavy (non-hydrogen) atoms. The van der Waals surface area contributed by atoms with E-state index in [0.29, 0.717) is 11.0 Å². The van der Waals surface area contributed by atoms with E-state index >= 15 is 0 Å². The largest absolute Gasteiger partial charge is 0.217 e. The Morgan fingerprint density at radius 3 is 2.87 bits per heavy atom. The van der Waals surface area contributed by atoms with Gasteiger partial charge in [-0.25, -0.2) is 9.97 Å².